The first-order chi connectivity index (χ1) is 13.0. The summed E-state index contributed by atoms with van der Waals surface area (Å²) in [6.45, 7) is 3.80. The van der Waals surface area contributed by atoms with Crippen LogP contribution >= 0.6 is 23.1 Å². The SMILES string of the molecule is COc1ccc(-n2nnnc2SCC(=O)Nc2sc(C)c(C)c2C#N)cc1. The summed E-state index contributed by atoms with van der Waals surface area (Å²) in [6, 6.07) is 9.42. The molecule has 1 aromatic carbocycles. The van der Waals surface area contributed by atoms with Gasteiger partial charge in [0.25, 0.3) is 0 Å². The number of anilines is 1. The smallest absolute Gasteiger partial charge is 0.235 e. The number of thioether (sulfide) groups is 1. The number of nitrogens with one attached hydrogen (secondary N) is 1. The quantitative estimate of drug-likeness (QED) is 0.634. The lowest BCUT2D eigenvalue weighted by Gasteiger charge is -2.06. The minimum Gasteiger partial charge on any atom is -0.497 e. The summed E-state index contributed by atoms with van der Waals surface area (Å²) in [6.07, 6.45) is 0. The number of carbonyl (C=O) groups is 1. The molecule has 0 bridgehead atoms. The maximum absolute atomic E-state index is 12.3. The first kappa shape index (κ1) is 18.9. The first-order valence-electron chi connectivity index (χ1n) is 7.89. The lowest BCUT2D eigenvalue weighted by molar-refractivity contribution is -0.113. The predicted molar refractivity (Wildman–Crippen MR) is 104 cm³/mol. The number of hydrogen-bond donors (Lipinski definition) is 1. The van der Waals surface area contributed by atoms with Gasteiger partial charge in [-0.05, 0) is 54.1 Å². The van der Waals surface area contributed by atoms with Crippen molar-refractivity contribution in [3.8, 4) is 17.5 Å². The molecule has 0 unspecified atom stereocenters. The summed E-state index contributed by atoms with van der Waals surface area (Å²) in [5.74, 6) is 0.634. The van der Waals surface area contributed by atoms with Crippen LogP contribution in [0.1, 0.15) is 16.0 Å². The van der Waals surface area contributed by atoms with Crippen molar-refractivity contribution in [1.29, 1.82) is 5.26 Å². The van der Waals surface area contributed by atoms with E-state index in [0.29, 0.717) is 15.7 Å². The summed E-state index contributed by atoms with van der Waals surface area (Å²) >= 11 is 2.62. The Morgan fingerprint density at radius 1 is 1.37 bits per heavy atom. The van der Waals surface area contributed by atoms with Crippen molar-refractivity contribution in [2.75, 3.05) is 18.2 Å². The number of thiophene rings is 1. The van der Waals surface area contributed by atoms with Gasteiger partial charge in [0.1, 0.15) is 16.8 Å². The van der Waals surface area contributed by atoms with E-state index < -0.39 is 0 Å². The van der Waals surface area contributed by atoms with Gasteiger partial charge in [0, 0.05) is 4.88 Å². The maximum Gasteiger partial charge on any atom is 0.235 e. The molecule has 10 heteroatoms. The molecule has 0 aliphatic rings. The Morgan fingerprint density at radius 2 is 2.11 bits per heavy atom. The van der Waals surface area contributed by atoms with Crippen LogP contribution in [-0.4, -0.2) is 39.0 Å². The summed E-state index contributed by atoms with van der Waals surface area (Å²) in [5, 5.41) is 24.8. The number of nitriles is 1. The molecule has 0 radical (unpaired) electrons. The zero-order chi connectivity index (χ0) is 19.4. The van der Waals surface area contributed by atoms with Crippen molar-refractivity contribution in [3.63, 3.8) is 0 Å². The van der Waals surface area contributed by atoms with Crippen LogP contribution < -0.4 is 10.1 Å². The van der Waals surface area contributed by atoms with E-state index in [1.165, 1.54) is 23.1 Å². The van der Waals surface area contributed by atoms with Gasteiger partial charge in [-0.2, -0.15) is 9.94 Å². The molecule has 0 saturated heterocycles. The van der Waals surface area contributed by atoms with Gasteiger partial charge in [-0.15, -0.1) is 16.4 Å². The van der Waals surface area contributed by atoms with E-state index in [9.17, 15) is 10.1 Å². The van der Waals surface area contributed by atoms with Crippen LogP contribution in [0.15, 0.2) is 29.4 Å². The number of rotatable bonds is 6. The molecule has 0 aliphatic heterocycles. The van der Waals surface area contributed by atoms with E-state index in [0.717, 1.165) is 21.9 Å². The molecule has 3 rings (SSSR count). The topological polar surface area (TPSA) is 106 Å². The van der Waals surface area contributed by atoms with Gasteiger partial charge < -0.3 is 10.1 Å². The average Bonchev–Trinajstić information content (AvgIpc) is 3.25. The number of nitrogens with zero attached hydrogens (tertiary/aromatic N) is 5. The van der Waals surface area contributed by atoms with Crippen molar-refractivity contribution >= 4 is 34.0 Å². The number of aryl methyl sites for hydroxylation is 1. The van der Waals surface area contributed by atoms with Crippen molar-refractivity contribution in [2.24, 2.45) is 0 Å². The molecule has 1 N–H and O–H groups in total. The molecule has 0 saturated carbocycles. The largest absolute Gasteiger partial charge is 0.497 e. The fourth-order valence-electron chi connectivity index (χ4n) is 2.30. The van der Waals surface area contributed by atoms with Crippen LogP contribution in [-0.2, 0) is 4.79 Å². The Balaban J connectivity index is 1.67. The van der Waals surface area contributed by atoms with Gasteiger partial charge in [-0.25, -0.2) is 0 Å². The molecule has 1 amide bonds. The molecular weight excluding hydrogens is 384 g/mol. The highest BCUT2D eigenvalue weighted by Crippen LogP contribution is 2.32. The minimum absolute atomic E-state index is 0.122. The number of methoxy groups -OCH3 is 1. The molecule has 0 fully saturated rings. The number of benzene rings is 1. The highest BCUT2D eigenvalue weighted by molar-refractivity contribution is 7.99. The van der Waals surface area contributed by atoms with Gasteiger partial charge >= 0.3 is 0 Å². The highest BCUT2D eigenvalue weighted by atomic mass is 32.2. The van der Waals surface area contributed by atoms with E-state index in [4.69, 9.17) is 4.74 Å². The van der Waals surface area contributed by atoms with E-state index in [1.807, 2.05) is 38.1 Å². The number of aromatic nitrogens is 4. The third-order valence-corrected chi connectivity index (χ3v) is 5.88. The Kier molecular flexibility index (Phi) is 5.73. The normalized spacial score (nSPS) is 10.4. The Labute approximate surface area is 164 Å². The molecular formula is C17H16N6O2S2. The number of carbonyl (C=O) groups excluding carboxylic acids is 1. The fourth-order valence-corrected chi connectivity index (χ4v) is 4.01. The molecule has 138 valence electrons. The molecule has 0 aliphatic carbocycles. The van der Waals surface area contributed by atoms with Crippen LogP contribution in [0, 0.1) is 25.2 Å². The zero-order valence-electron chi connectivity index (χ0n) is 14.9. The van der Waals surface area contributed by atoms with E-state index in [2.05, 4.69) is 26.9 Å². The molecule has 8 nitrogen and oxygen atoms in total. The van der Waals surface area contributed by atoms with Crippen LogP contribution in [0.5, 0.6) is 5.75 Å². The fraction of sp³-hybridized carbons (Fsp3) is 0.235. The zero-order valence-corrected chi connectivity index (χ0v) is 16.5. The second-order valence-electron chi connectivity index (χ2n) is 5.51. The number of hydrogen-bond acceptors (Lipinski definition) is 8. The number of tetrazole rings is 1. The molecule has 2 aromatic heterocycles. The second kappa shape index (κ2) is 8.20. The summed E-state index contributed by atoms with van der Waals surface area (Å²) in [4.78, 5) is 13.3. The van der Waals surface area contributed by atoms with Crippen molar-refractivity contribution < 1.29 is 9.53 Å². The molecule has 2 heterocycles. The highest BCUT2D eigenvalue weighted by Gasteiger charge is 2.16. The van der Waals surface area contributed by atoms with E-state index in [-0.39, 0.29) is 11.7 Å². The van der Waals surface area contributed by atoms with Gasteiger partial charge in [-0.1, -0.05) is 11.8 Å². The first-order valence-corrected chi connectivity index (χ1v) is 9.69. The Morgan fingerprint density at radius 3 is 2.78 bits per heavy atom. The number of amides is 1. The van der Waals surface area contributed by atoms with Gasteiger partial charge in [0.05, 0.1) is 24.1 Å². The van der Waals surface area contributed by atoms with Gasteiger partial charge in [-0.3, -0.25) is 4.79 Å². The van der Waals surface area contributed by atoms with Gasteiger partial charge in [0.15, 0.2) is 0 Å². The van der Waals surface area contributed by atoms with Crippen LogP contribution in [0.3, 0.4) is 0 Å². The molecule has 0 atom stereocenters. The molecule has 0 spiro atoms. The Hall–Kier alpha value is -2.90. The Bertz CT molecular complexity index is 1000. The monoisotopic (exact) mass is 400 g/mol. The maximum atomic E-state index is 12.3. The lowest BCUT2D eigenvalue weighted by atomic mass is 10.2. The lowest BCUT2D eigenvalue weighted by Crippen LogP contribution is -2.14. The van der Waals surface area contributed by atoms with E-state index >= 15 is 0 Å². The van der Waals surface area contributed by atoms with Crippen LogP contribution in [0.4, 0.5) is 5.00 Å². The molecule has 27 heavy (non-hydrogen) atoms. The van der Waals surface area contributed by atoms with Gasteiger partial charge in [0.2, 0.25) is 11.1 Å². The third-order valence-electron chi connectivity index (χ3n) is 3.84. The predicted octanol–water partition coefficient (Wildman–Crippen LogP) is 2.95. The third kappa shape index (κ3) is 4.10. The summed E-state index contributed by atoms with van der Waals surface area (Å²) in [7, 11) is 1.60. The minimum atomic E-state index is -0.220. The van der Waals surface area contributed by atoms with Crippen molar-refractivity contribution in [2.45, 2.75) is 19.0 Å². The van der Waals surface area contributed by atoms with Crippen molar-refractivity contribution in [3.05, 3.63) is 40.3 Å². The standard InChI is InChI=1S/C17H16N6O2S2/c1-10-11(2)27-16(14(10)8-18)19-15(24)9-26-17-20-21-22-23(17)12-4-6-13(25-3)7-5-12/h4-7H,9H2,1-3H3,(H,19,24). The second-order valence-corrected chi connectivity index (χ2v) is 7.67. The molecule has 3 aromatic rings. The number of ether oxygens (including phenoxy) is 1. The van der Waals surface area contributed by atoms with Crippen molar-refractivity contribution in [1.82, 2.24) is 20.2 Å². The average molecular weight is 400 g/mol. The summed E-state index contributed by atoms with van der Waals surface area (Å²) < 4.78 is 6.69. The van der Waals surface area contributed by atoms with Crippen LogP contribution in [0.2, 0.25) is 0 Å². The van der Waals surface area contributed by atoms with Crippen LogP contribution in [0.25, 0.3) is 5.69 Å². The summed E-state index contributed by atoms with van der Waals surface area (Å²) in [5.41, 5.74) is 2.17. The van der Waals surface area contributed by atoms with E-state index in [1.54, 1.807) is 11.8 Å².